The van der Waals surface area contributed by atoms with Gasteiger partial charge in [-0.2, -0.15) is 13.2 Å². The Bertz CT molecular complexity index is 1520. The molecule has 2 bridgehead atoms. The van der Waals surface area contributed by atoms with Gasteiger partial charge in [0.05, 0.1) is 37.4 Å². The van der Waals surface area contributed by atoms with Crippen molar-refractivity contribution in [3.05, 3.63) is 62.5 Å². The number of nitrogens with one attached hydrogen (secondary N) is 2. The molecule has 2 fully saturated rings. The van der Waals surface area contributed by atoms with Gasteiger partial charge in [0.15, 0.2) is 10.8 Å². The van der Waals surface area contributed by atoms with E-state index in [9.17, 15) is 37.1 Å². The molecular weight excluding hydrogens is 646 g/mol. The van der Waals surface area contributed by atoms with Gasteiger partial charge >= 0.3 is 24.0 Å². The van der Waals surface area contributed by atoms with E-state index >= 15 is 0 Å². The van der Waals surface area contributed by atoms with Crippen LogP contribution in [-0.4, -0.2) is 88.8 Å². The van der Waals surface area contributed by atoms with Crippen LogP contribution in [0.2, 0.25) is 5.02 Å². The lowest BCUT2D eigenvalue weighted by Gasteiger charge is -2.53. The standard InChI is InChI=1S/C28H28ClF4N5O6S/c1-2-44-20(39)10-27(37-26(42)28(31,32)33)8-15-12-43-13-16(9-27)38(15)11-19-21(25(40)41)22(17-4-3-14(30)7-18(17)29)36-23(35-19)24-34-5-6-45-24/h3-7,15-16,22H,2,8-13H2,1H3,(H,35,36)(H,37,42)(H,40,41)/t15?,16?,22-,27?/m0/s1. The summed E-state index contributed by atoms with van der Waals surface area (Å²) in [5.41, 5.74) is -1.30. The van der Waals surface area contributed by atoms with Gasteiger partial charge in [0.1, 0.15) is 11.9 Å². The first-order valence-corrected chi connectivity index (χ1v) is 15.1. The maximum atomic E-state index is 13.9. The molecule has 3 aliphatic heterocycles. The maximum Gasteiger partial charge on any atom is 0.471 e. The number of carboxylic acids is 1. The molecule has 242 valence electrons. The van der Waals surface area contributed by atoms with E-state index in [2.05, 4.69) is 20.6 Å². The molecule has 3 atom stereocenters. The number of rotatable bonds is 9. The Hall–Kier alpha value is -3.60. The molecule has 0 saturated carbocycles. The molecule has 0 radical (unpaired) electrons. The minimum atomic E-state index is -5.18. The molecule has 1 amide bonds. The number of aliphatic carboxylic acids is 1. The lowest BCUT2D eigenvalue weighted by Crippen LogP contribution is -2.68. The van der Waals surface area contributed by atoms with Crippen LogP contribution in [-0.2, 0) is 23.9 Å². The van der Waals surface area contributed by atoms with Crippen molar-refractivity contribution in [3.8, 4) is 0 Å². The van der Waals surface area contributed by atoms with E-state index in [-0.39, 0.29) is 66.9 Å². The van der Waals surface area contributed by atoms with E-state index < -0.39 is 59.9 Å². The molecular formula is C28H28ClF4N5O6S. The van der Waals surface area contributed by atoms with Gasteiger partial charge in [0.2, 0.25) is 0 Å². The number of alkyl halides is 3. The highest BCUT2D eigenvalue weighted by Gasteiger charge is 2.52. The second-order valence-electron chi connectivity index (χ2n) is 10.8. The average molecular weight is 674 g/mol. The van der Waals surface area contributed by atoms with E-state index in [0.717, 1.165) is 12.1 Å². The van der Waals surface area contributed by atoms with Gasteiger partial charge < -0.3 is 25.2 Å². The number of hydrogen-bond acceptors (Lipinski definition) is 10. The summed E-state index contributed by atoms with van der Waals surface area (Å²) in [5.74, 6) is -4.62. The van der Waals surface area contributed by atoms with E-state index in [4.69, 9.17) is 21.1 Å². The molecule has 3 N–H and O–H groups in total. The average Bonchev–Trinajstić information content (AvgIpc) is 3.48. The molecule has 2 aromatic rings. The van der Waals surface area contributed by atoms with Crippen LogP contribution >= 0.6 is 22.9 Å². The van der Waals surface area contributed by atoms with Crippen LogP contribution in [0.3, 0.4) is 0 Å². The minimum Gasteiger partial charge on any atom is -0.478 e. The molecule has 5 rings (SSSR count). The normalized spacial score (nSPS) is 25.3. The highest BCUT2D eigenvalue weighted by atomic mass is 35.5. The van der Waals surface area contributed by atoms with Crippen LogP contribution in [0.4, 0.5) is 17.6 Å². The summed E-state index contributed by atoms with van der Waals surface area (Å²) in [5, 5.41) is 17.7. The first kappa shape index (κ1) is 32.8. The first-order chi connectivity index (χ1) is 21.3. The number of carbonyl (C=O) groups excluding carboxylic acids is 2. The summed E-state index contributed by atoms with van der Waals surface area (Å²) >= 11 is 7.60. The summed E-state index contributed by atoms with van der Waals surface area (Å²) in [7, 11) is 0. The Morgan fingerprint density at radius 2 is 1.98 bits per heavy atom. The lowest BCUT2D eigenvalue weighted by atomic mass is 9.76. The minimum absolute atomic E-state index is 0.00420. The van der Waals surface area contributed by atoms with Gasteiger partial charge in [0, 0.05) is 46.5 Å². The third-order valence-corrected chi connectivity index (χ3v) is 8.93. The third-order valence-electron chi connectivity index (χ3n) is 7.82. The number of nitrogens with zero attached hydrogens (tertiary/aromatic N) is 3. The van der Waals surface area contributed by atoms with Gasteiger partial charge in [-0.25, -0.2) is 14.2 Å². The number of ether oxygens (including phenoxy) is 2. The smallest absolute Gasteiger partial charge is 0.471 e. The number of amides is 1. The van der Waals surface area contributed by atoms with E-state index in [1.165, 1.54) is 17.4 Å². The van der Waals surface area contributed by atoms with E-state index in [1.54, 1.807) is 18.5 Å². The molecule has 11 nitrogen and oxygen atoms in total. The van der Waals surface area contributed by atoms with Crippen molar-refractivity contribution in [1.82, 2.24) is 20.5 Å². The van der Waals surface area contributed by atoms with Gasteiger partial charge in [-0.15, -0.1) is 11.3 Å². The number of halogens is 5. The largest absolute Gasteiger partial charge is 0.478 e. The molecule has 0 spiro atoms. The van der Waals surface area contributed by atoms with Crippen molar-refractivity contribution in [1.29, 1.82) is 0 Å². The van der Waals surface area contributed by atoms with Crippen molar-refractivity contribution < 1.29 is 46.5 Å². The Morgan fingerprint density at radius 1 is 1.27 bits per heavy atom. The zero-order chi connectivity index (χ0) is 32.5. The van der Waals surface area contributed by atoms with Gasteiger partial charge in [0.25, 0.3) is 0 Å². The number of thiazole rings is 1. The highest BCUT2D eigenvalue weighted by Crippen LogP contribution is 2.40. The van der Waals surface area contributed by atoms with Crippen LogP contribution < -0.4 is 10.6 Å². The van der Waals surface area contributed by atoms with Crippen LogP contribution in [0.15, 0.2) is 46.0 Å². The monoisotopic (exact) mass is 673 g/mol. The van der Waals surface area contributed by atoms with Crippen LogP contribution in [0.25, 0.3) is 0 Å². The Balaban J connectivity index is 1.51. The first-order valence-electron chi connectivity index (χ1n) is 13.8. The number of piperidine rings is 1. The molecule has 0 aliphatic carbocycles. The van der Waals surface area contributed by atoms with Gasteiger partial charge in [-0.1, -0.05) is 17.7 Å². The van der Waals surface area contributed by atoms with Gasteiger partial charge in [-0.05, 0) is 31.9 Å². The maximum absolute atomic E-state index is 13.9. The van der Waals surface area contributed by atoms with Crippen LogP contribution in [0, 0.1) is 5.82 Å². The molecule has 2 unspecified atom stereocenters. The number of esters is 1. The predicted molar refractivity (Wildman–Crippen MR) is 153 cm³/mol. The van der Waals surface area contributed by atoms with E-state index in [1.807, 2.05) is 4.90 Å². The molecule has 17 heteroatoms. The van der Waals surface area contributed by atoms with Crippen molar-refractivity contribution in [2.24, 2.45) is 4.99 Å². The predicted octanol–water partition coefficient (Wildman–Crippen LogP) is 3.60. The Labute approximate surface area is 263 Å². The summed E-state index contributed by atoms with van der Waals surface area (Å²) < 4.78 is 64.7. The SMILES string of the molecule is CCOC(=O)CC1(NC(=O)C(F)(F)F)CC2COCC(C1)N2CC1=C(C(=O)O)[C@H](c2ccc(F)cc2Cl)N=C(c2nccs2)N1. The van der Waals surface area contributed by atoms with E-state index in [0.29, 0.717) is 5.01 Å². The zero-order valence-electron chi connectivity index (χ0n) is 23.7. The number of carboxylic acid groups (broad SMARTS) is 1. The van der Waals surface area contributed by atoms with Crippen molar-refractivity contribution in [2.75, 3.05) is 26.4 Å². The third kappa shape index (κ3) is 7.13. The number of fused-ring (bicyclic) bond motifs is 2. The fourth-order valence-electron chi connectivity index (χ4n) is 6.07. The number of hydrogen-bond donors (Lipinski definition) is 3. The summed E-state index contributed by atoms with van der Waals surface area (Å²) in [6.45, 7) is 1.61. The quantitative estimate of drug-likeness (QED) is 0.269. The summed E-state index contributed by atoms with van der Waals surface area (Å²) in [6, 6.07) is 1.15. The molecule has 3 aliphatic rings. The number of morpholine rings is 1. The second-order valence-corrected chi connectivity index (χ2v) is 12.1. The summed E-state index contributed by atoms with van der Waals surface area (Å²) in [4.78, 5) is 48.1. The molecule has 2 saturated heterocycles. The van der Waals surface area contributed by atoms with Crippen molar-refractivity contribution >= 4 is 46.6 Å². The highest BCUT2D eigenvalue weighted by molar-refractivity contribution is 7.11. The lowest BCUT2D eigenvalue weighted by molar-refractivity contribution is -0.179. The molecule has 1 aromatic heterocycles. The molecule has 45 heavy (non-hydrogen) atoms. The summed E-state index contributed by atoms with van der Waals surface area (Å²) in [6.07, 6.45) is -4.34. The fraction of sp³-hybridized carbons (Fsp3) is 0.464. The number of amidine groups is 1. The fourth-order valence-corrected chi connectivity index (χ4v) is 6.93. The molecule has 1 aromatic carbocycles. The topological polar surface area (TPSA) is 142 Å². The van der Waals surface area contributed by atoms with Crippen LogP contribution in [0.1, 0.15) is 42.8 Å². The zero-order valence-corrected chi connectivity index (χ0v) is 25.3. The number of benzene rings is 1. The van der Waals surface area contributed by atoms with Crippen molar-refractivity contribution in [3.63, 3.8) is 0 Å². The van der Waals surface area contributed by atoms with Gasteiger partial charge in [-0.3, -0.25) is 19.5 Å². The number of carbonyl (C=O) groups is 3. The number of aromatic nitrogens is 1. The molecule has 4 heterocycles. The Kier molecular flexibility index (Phi) is 9.49. The Morgan fingerprint density at radius 3 is 2.56 bits per heavy atom. The van der Waals surface area contributed by atoms with Crippen LogP contribution in [0.5, 0.6) is 0 Å². The number of aliphatic imine (C=N–C) groups is 1. The second kappa shape index (κ2) is 13.0. The van der Waals surface area contributed by atoms with Crippen molar-refractivity contribution in [2.45, 2.75) is 56.0 Å².